The zero-order chi connectivity index (χ0) is 17.2. The normalized spacial score (nSPS) is 17.6. The molecule has 2 aromatic rings. The summed E-state index contributed by atoms with van der Waals surface area (Å²) in [5, 5.41) is 9.23. The van der Waals surface area contributed by atoms with Crippen LogP contribution in [0, 0.1) is 0 Å². The van der Waals surface area contributed by atoms with E-state index in [4.69, 9.17) is 0 Å². The quantitative estimate of drug-likeness (QED) is 0.859. The molecule has 0 bridgehead atoms. The fourth-order valence-corrected chi connectivity index (χ4v) is 2.46. The van der Waals surface area contributed by atoms with Crippen LogP contribution in [0.1, 0.15) is 25.2 Å². The van der Waals surface area contributed by atoms with Crippen molar-refractivity contribution in [3.63, 3.8) is 0 Å². The number of alkyl halides is 3. The third-order valence-corrected chi connectivity index (χ3v) is 3.71. The molecule has 25 heavy (non-hydrogen) atoms. The molecule has 1 aliphatic heterocycles. The summed E-state index contributed by atoms with van der Waals surface area (Å²) in [7, 11) is 0. The number of hydrogen-bond acceptors (Lipinski definition) is 5. The number of nitrogens with zero attached hydrogens (tertiary/aromatic N) is 2. The number of aromatic nitrogens is 2. The Bertz CT molecular complexity index is 712. The Labute approximate surface area is 147 Å². The van der Waals surface area contributed by atoms with E-state index in [2.05, 4.69) is 25.3 Å². The molecule has 1 aromatic heterocycles. The van der Waals surface area contributed by atoms with Crippen LogP contribution in [0.25, 0.3) is 11.4 Å². The van der Waals surface area contributed by atoms with E-state index in [1.54, 1.807) is 12.1 Å². The molecule has 10 heteroatoms. The van der Waals surface area contributed by atoms with Crippen LogP contribution in [-0.4, -0.2) is 28.6 Å². The van der Waals surface area contributed by atoms with Gasteiger partial charge in [-0.25, -0.2) is 0 Å². The zero-order valence-corrected chi connectivity index (χ0v) is 13.8. The molecule has 0 saturated carbocycles. The van der Waals surface area contributed by atoms with Crippen molar-refractivity contribution in [1.82, 2.24) is 15.5 Å². The minimum absolute atomic E-state index is 0. The predicted molar refractivity (Wildman–Crippen MR) is 86.3 cm³/mol. The summed E-state index contributed by atoms with van der Waals surface area (Å²) in [5.74, 6) is -1.67. The molecule has 6 nitrogen and oxygen atoms in total. The third-order valence-electron chi connectivity index (χ3n) is 3.71. The van der Waals surface area contributed by atoms with Gasteiger partial charge in [0.1, 0.15) is 0 Å². The molecule has 0 aliphatic carbocycles. The SMILES string of the molecule is Cl.O=C(Nc1ccc(-c2noc(C(F)(F)F)n2)cc1)C1CCCCN1. The number of hydrogen-bond donors (Lipinski definition) is 2. The summed E-state index contributed by atoms with van der Waals surface area (Å²) in [6.07, 6.45) is -1.83. The Hall–Kier alpha value is -2.13. The van der Waals surface area contributed by atoms with Gasteiger partial charge in [-0.2, -0.15) is 18.2 Å². The summed E-state index contributed by atoms with van der Waals surface area (Å²) >= 11 is 0. The number of benzene rings is 1. The molecule has 0 spiro atoms. The van der Waals surface area contributed by atoms with E-state index >= 15 is 0 Å². The van der Waals surface area contributed by atoms with Gasteiger partial charge in [0.2, 0.25) is 11.7 Å². The summed E-state index contributed by atoms with van der Waals surface area (Å²) in [5.41, 5.74) is 0.915. The number of amides is 1. The second-order valence-corrected chi connectivity index (χ2v) is 5.49. The number of nitrogens with one attached hydrogen (secondary N) is 2. The standard InChI is InChI=1S/C15H15F3N4O2.ClH/c16-15(17,18)14-21-12(22-24-14)9-4-6-10(7-5-9)20-13(23)11-3-1-2-8-19-11;/h4-7,11,19H,1-3,8H2,(H,20,23);1H. The first-order valence-corrected chi connectivity index (χ1v) is 7.49. The summed E-state index contributed by atoms with van der Waals surface area (Å²) in [4.78, 5) is 15.4. The van der Waals surface area contributed by atoms with Gasteiger partial charge in [0.15, 0.2) is 0 Å². The molecular weight excluding hydrogens is 361 g/mol. The van der Waals surface area contributed by atoms with E-state index in [0.29, 0.717) is 11.3 Å². The molecule has 3 rings (SSSR count). The number of anilines is 1. The van der Waals surface area contributed by atoms with Gasteiger partial charge in [0.25, 0.3) is 0 Å². The Morgan fingerprint density at radius 3 is 2.52 bits per heavy atom. The molecule has 2 heterocycles. The van der Waals surface area contributed by atoms with Crippen LogP contribution in [0.3, 0.4) is 0 Å². The van der Waals surface area contributed by atoms with Crippen LogP contribution in [0.4, 0.5) is 18.9 Å². The van der Waals surface area contributed by atoms with Crippen LogP contribution in [0.15, 0.2) is 28.8 Å². The lowest BCUT2D eigenvalue weighted by atomic mass is 10.0. The van der Waals surface area contributed by atoms with Crippen molar-refractivity contribution >= 4 is 24.0 Å². The molecule has 1 unspecified atom stereocenters. The summed E-state index contributed by atoms with van der Waals surface area (Å²) in [6.45, 7) is 0.816. The molecule has 1 amide bonds. The number of carbonyl (C=O) groups excluding carboxylic acids is 1. The van der Waals surface area contributed by atoms with Gasteiger partial charge >= 0.3 is 12.1 Å². The van der Waals surface area contributed by atoms with Gasteiger partial charge in [-0.05, 0) is 43.7 Å². The maximum atomic E-state index is 12.5. The average molecular weight is 377 g/mol. The Kier molecular flexibility index (Phi) is 6.02. The zero-order valence-electron chi connectivity index (χ0n) is 13.0. The topological polar surface area (TPSA) is 80.1 Å². The maximum Gasteiger partial charge on any atom is 0.471 e. The van der Waals surface area contributed by atoms with Crippen molar-refractivity contribution in [1.29, 1.82) is 0 Å². The van der Waals surface area contributed by atoms with Crippen molar-refractivity contribution in [3.05, 3.63) is 30.2 Å². The number of carbonyl (C=O) groups is 1. The molecule has 1 aromatic carbocycles. The van der Waals surface area contributed by atoms with Crippen molar-refractivity contribution in [2.75, 3.05) is 11.9 Å². The minimum atomic E-state index is -4.67. The van der Waals surface area contributed by atoms with Gasteiger partial charge in [0, 0.05) is 11.3 Å². The van der Waals surface area contributed by atoms with Gasteiger partial charge in [-0.1, -0.05) is 11.6 Å². The lowest BCUT2D eigenvalue weighted by Crippen LogP contribution is -2.43. The highest BCUT2D eigenvalue weighted by atomic mass is 35.5. The van der Waals surface area contributed by atoms with Gasteiger partial charge in [-0.3, -0.25) is 4.79 Å². The van der Waals surface area contributed by atoms with E-state index in [1.807, 2.05) is 0 Å². The smallest absolute Gasteiger partial charge is 0.329 e. The molecule has 1 fully saturated rings. The van der Waals surface area contributed by atoms with Crippen LogP contribution in [0.5, 0.6) is 0 Å². The van der Waals surface area contributed by atoms with E-state index in [1.165, 1.54) is 12.1 Å². The van der Waals surface area contributed by atoms with Crippen molar-refractivity contribution < 1.29 is 22.5 Å². The lowest BCUT2D eigenvalue weighted by Gasteiger charge is -2.22. The third kappa shape index (κ3) is 4.70. The average Bonchev–Trinajstić information content (AvgIpc) is 3.07. The largest absolute Gasteiger partial charge is 0.471 e. The highest BCUT2D eigenvalue weighted by Gasteiger charge is 2.38. The van der Waals surface area contributed by atoms with E-state index < -0.39 is 12.1 Å². The van der Waals surface area contributed by atoms with Crippen molar-refractivity contribution in [3.8, 4) is 11.4 Å². The first-order valence-electron chi connectivity index (χ1n) is 7.49. The first kappa shape index (κ1) is 19.2. The number of halogens is 4. The highest BCUT2D eigenvalue weighted by molar-refractivity contribution is 5.95. The highest BCUT2D eigenvalue weighted by Crippen LogP contribution is 2.29. The second kappa shape index (κ2) is 7.83. The van der Waals surface area contributed by atoms with Gasteiger partial charge in [0.05, 0.1) is 6.04 Å². The van der Waals surface area contributed by atoms with Crippen LogP contribution >= 0.6 is 12.4 Å². The molecule has 136 valence electrons. The van der Waals surface area contributed by atoms with Crippen molar-refractivity contribution in [2.24, 2.45) is 0 Å². The predicted octanol–water partition coefficient (Wildman–Crippen LogP) is 3.26. The lowest BCUT2D eigenvalue weighted by molar-refractivity contribution is -0.159. The molecule has 1 aliphatic rings. The van der Waals surface area contributed by atoms with E-state index in [0.717, 1.165) is 25.8 Å². The number of piperidine rings is 1. The summed E-state index contributed by atoms with van der Waals surface area (Å²) < 4.78 is 41.5. The van der Waals surface area contributed by atoms with Gasteiger partial charge in [-0.15, -0.1) is 12.4 Å². The first-order chi connectivity index (χ1) is 11.4. The Balaban J connectivity index is 0.00000225. The Morgan fingerprint density at radius 1 is 1.24 bits per heavy atom. The minimum Gasteiger partial charge on any atom is -0.329 e. The number of rotatable bonds is 3. The molecular formula is C15H16ClF3N4O2. The molecule has 1 atom stereocenters. The van der Waals surface area contributed by atoms with Crippen molar-refractivity contribution in [2.45, 2.75) is 31.5 Å². The Morgan fingerprint density at radius 2 is 1.96 bits per heavy atom. The summed E-state index contributed by atoms with van der Waals surface area (Å²) in [6, 6.07) is 5.99. The monoisotopic (exact) mass is 376 g/mol. The fraction of sp³-hybridized carbons (Fsp3) is 0.400. The molecule has 0 radical (unpaired) electrons. The van der Waals surface area contributed by atoms with Crippen LogP contribution in [0.2, 0.25) is 0 Å². The fourth-order valence-electron chi connectivity index (χ4n) is 2.46. The van der Waals surface area contributed by atoms with E-state index in [9.17, 15) is 18.0 Å². The van der Waals surface area contributed by atoms with E-state index in [-0.39, 0.29) is 30.2 Å². The van der Waals surface area contributed by atoms with Gasteiger partial charge < -0.3 is 15.2 Å². The maximum absolute atomic E-state index is 12.5. The second-order valence-electron chi connectivity index (χ2n) is 5.49. The molecule has 2 N–H and O–H groups in total. The van der Waals surface area contributed by atoms with Crippen LogP contribution in [-0.2, 0) is 11.0 Å². The van der Waals surface area contributed by atoms with Crippen LogP contribution < -0.4 is 10.6 Å². The molecule has 1 saturated heterocycles.